The molecule has 0 saturated heterocycles. The first-order valence-corrected chi connectivity index (χ1v) is 17.2. The van der Waals surface area contributed by atoms with Crippen LogP contribution in [0, 0.1) is 0 Å². The summed E-state index contributed by atoms with van der Waals surface area (Å²) in [7, 11) is 0. The molecule has 0 spiro atoms. The number of fused-ring (bicyclic) bond motifs is 3. The molecule has 0 aromatic heterocycles. The molecule has 0 amide bonds. The molecular weight excluding hydrogens is 623 g/mol. The second-order valence-corrected chi connectivity index (χ2v) is 12.9. The van der Waals surface area contributed by atoms with Gasteiger partial charge in [-0.2, -0.15) is 0 Å². The van der Waals surface area contributed by atoms with Gasteiger partial charge in [-0.1, -0.05) is 133 Å². The van der Waals surface area contributed by atoms with Crippen molar-refractivity contribution in [2.75, 3.05) is 4.90 Å². The van der Waals surface area contributed by atoms with Gasteiger partial charge in [0.25, 0.3) is 0 Å². The van der Waals surface area contributed by atoms with E-state index in [4.69, 9.17) is 9.47 Å². The Bertz CT molecular complexity index is 2610. The van der Waals surface area contributed by atoms with E-state index in [2.05, 4.69) is 163 Å². The molecule has 3 nitrogen and oxygen atoms in total. The quantitative estimate of drug-likeness (QED) is 0.184. The number of rotatable bonds is 5. The Hall–Kier alpha value is -6.84. The van der Waals surface area contributed by atoms with Crippen LogP contribution in [0.1, 0.15) is 0 Å². The van der Waals surface area contributed by atoms with Gasteiger partial charge in [-0.05, 0) is 97.7 Å². The number of hydrogen-bond donors (Lipinski definition) is 0. The summed E-state index contributed by atoms with van der Waals surface area (Å²) in [6.45, 7) is 0. The first kappa shape index (κ1) is 29.1. The van der Waals surface area contributed by atoms with Gasteiger partial charge in [0.05, 0.1) is 11.1 Å². The minimum atomic E-state index is 0.668. The van der Waals surface area contributed by atoms with Crippen LogP contribution in [0.2, 0.25) is 0 Å². The first-order chi connectivity index (χ1) is 25.3. The van der Waals surface area contributed by atoms with Crippen molar-refractivity contribution in [2.24, 2.45) is 0 Å². The van der Waals surface area contributed by atoms with Gasteiger partial charge in [0, 0.05) is 17.4 Å². The lowest BCUT2D eigenvalue weighted by molar-refractivity contribution is 0.439. The summed E-state index contributed by atoms with van der Waals surface area (Å²) in [5, 5.41) is 7.01. The van der Waals surface area contributed by atoms with Gasteiger partial charge in [-0.3, -0.25) is 0 Å². The lowest BCUT2D eigenvalue weighted by atomic mass is 9.97. The van der Waals surface area contributed by atoms with E-state index in [1.54, 1.807) is 0 Å². The Labute approximate surface area is 296 Å². The van der Waals surface area contributed by atoms with E-state index in [1.165, 1.54) is 43.8 Å². The second-order valence-electron chi connectivity index (χ2n) is 12.9. The largest absolute Gasteiger partial charge is 0.453 e. The Morgan fingerprint density at radius 1 is 0.314 bits per heavy atom. The van der Waals surface area contributed by atoms with E-state index < -0.39 is 0 Å². The topological polar surface area (TPSA) is 21.7 Å². The van der Waals surface area contributed by atoms with Crippen LogP contribution in [0.25, 0.3) is 54.6 Å². The molecular formula is C48H31NO2. The lowest BCUT2D eigenvalue weighted by Gasteiger charge is -2.27. The molecule has 0 atom stereocenters. The smallest absolute Gasteiger partial charge is 0.172 e. The van der Waals surface area contributed by atoms with Crippen LogP contribution in [-0.4, -0.2) is 0 Å². The number of anilines is 3. The third-order valence-electron chi connectivity index (χ3n) is 9.91. The average molecular weight is 654 g/mol. The maximum absolute atomic E-state index is 6.62. The third kappa shape index (κ3) is 5.06. The van der Waals surface area contributed by atoms with Gasteiger partial charge < -0.3 is 14.4 Å². The number of ether oxygens (including phenoxy) is 2. The summed E-state index contributed by atoms with van der Waals surface area (Å²) in [6, 6.07) is 66.2. The maximum Gasteiger partial charge on any atom is 0.172 e. The second kappa shape index (κ2) is 11.9. The van der Waals surface area contributed by atoms with Crippen LogP contribution in [-0.2, 0) is 0 Å². The fourth-order valence-corrected chi connectivity index (χ4v) is 7.46. The van der Waals surface area contributed by atoms with Crippen LogP contribution in [0.3, 0.4) is 0 Å². The Balaban J connectivity index is 1.09. The van der Waals surface area contributed by atoms with Crippen LogP contribution in [0.5, 0.6) is 23.0 Å². The van der Waals surface area contributed by atoms with Crippen LogP contribution in [0.15, 0.2) is 188 Å². The molecule has 10 rings (SSSR count). The molecule has 1 aliphatic heterocycles. The van der Waals surface area contributed by atoms with Gasteiger partial charge in [-0.15, -0.1) is 0 Å². The van der Waals surface area contributed by atoms with Crippen molar-refractivity contribution >= 4 is 49.4 Å². The molecule has 9 aromatic rings. The summed E-state index contributed by atoms with van der Waals surface area (Å²) in [5.41, 5.74) is 7.82. The van der Waals surface area contributed by atoms with Crippen LogP contribution < -0.4 is 14.4 Å². The van der Waals surface area contributed by atoms with Gasteiger partial charge in [0.2, 0.25) is 0 Å². The summed E-state index contributed by atoms with van der Waals surface area (Å²) in [6.07, 6.45) is 0. The van der Waals surface area contributed by atoms with Gasteiger partial charge in [0.15, 0.2) is 11.5 Å². The van der Waals surface area contributed by atoms with Gasteiger partial charge in [0.1, 0.15) is 11.5 Å². The molecule has 0 unspecified atom stereocenters. The highest BCUT2D eigenvalue weighted by Crippen LogP contribution is 2.48. The number of nitrogens with zero attached hydrogens (tertiary/aromatic N) is 1. The number of hydrogen-bond acceptors (Lipinski definition) is 3. The minimum Gasteiger partial charge on any atom is -0.453 e. The van der Waals surface area contributed by atoms with Crippen molar-refractivity contribution in [1.82, 2.24) is 0 Å². The zero-order valence-electron chi connectivity index (χ0n) is 27.7. The molecule has 9 aromatic carbocycles. The maximum atomic E-state index is 6.62. The summed E-state index contributed by atoms with van der Waals surface area (Å²) in [5.74, 6) is 2.92. The summed E-state index contributed by atoms with van der Waals surface area (Å²) < 4.78 is 13.1. The molecule has 51 heavy (non-hydrogen) atoms. The van der Waals surface area contributed by atoms with E-state index in [0.717, 1.165) is 39.3 Å². The molecule has 240 valence electrons. The van der Waals surface area contributed by atoms with E-state index in [-0.39, 0.29) is 0 Å². The monoisotopic (exact) mass is 653 g/mol. The predicted molar refractivity (Wildman–Crippen MR) is 211 cm³/mol. The zero-order valence-corrected chi connectivity index (χ0v) is 27.7. The molecule has 3 heteroatoms. The Morgan fingerprint density at radius 3 is 1.33 bits per heavy atom. The molecule has 1 aliphatic rings. The van der Waals surface area contributed by atoms with E-state index in [9.17, 15) is 0 Å². The highest BCUT2D eigenvalue weighted by atomic mass is 16.5. The highest BCUT2D eigenvalue weighted by Gasteiger charge is 2.22. The SMILES string of the molecule is c1ccc2c(-c3ccc(N(c4ccc(-c5cccc6ccccc56)cc4)c4ccc5c(c4)Oc4cccc6cccc(c46)O5)cc3)cccc2c1. The van der Waals surface area contributed by atoms with Crippen molar-refractivity contribution in [3.8, 4) is 45.3 Å². The lowest BCUT2D eigenvalue weighted by Crippen LogP contribution is -2.10. The van der Waals surface area contributed by atoms with Gasteiger partial charge in [-0.25, -0.2) is 0 Å². The fraction of sp³-hybridized carbons (Fsp3) is 0. The van der Waals surface area contributed by atoms with Crippen molar-refractivity contribution in [1.29, 1.82) is 0 Å². The van der Waals surface area contributed by atoms with E-state index >= 15 is 0 Å². The normalized spacial score (nSPS) is 11.8. The standard InChI is InChI=1S/C48H31NO2/c1-3-15-40-32(9-1)11-5-17-42(40)34-21-25-37(26-22-34)49(38-27-23-35(24-28-38)43-18-6-12-33-10-2-4-16-41(33)43)39-29-30-44-47(31-39)51-46-20-8-14-36-13-7-19-45(50-44)48(36)46/h1-31H. The molecule has 0 aliphatic carbocycles. The van der Waals surface area contributed by atoms with Crippen molar-refractivity contribution in [3.05, 3.63) is 188 Å². The van der Waals surface area contributed by atoms with Gasteiger partial charge >= 0.3 is 0 Å². The van der Waals surface area contributed by atoms with Crippen molar-refractivity contribution in [2.45, 2.75) is 0 Å². The molecule has 1 heterocycles. The molecule has 0 radical (unpaired) electrons. The Kier molecular flexibility index (Phi) is 6.81. The molecule has 0 bridgehead atoms. The third-order valence-corrected chi connectivity index (χ3v) is 9.91. The minimum absolute atomic E-state index is 0.668. The molecule has 0 saturated carbocycles. The van der Waals surface area contributed by atoms with E-state index in [1.807, 2.05) is 30.3 Å². The van der Waals surface area contributed by atoms with Crippen molar-refractivity contribution in [3.63, 3.8) is 0 Å². The Morgan fingerprint density at radius 2 is 0.765 bits per heavy atom. The number of benzene rings is 9. The summed E-state index contributed by atoms with van der Waals surface area (Å²) in [4.78, 5) is 2.28. The average Bonchev–Trinajstić information content (AvgIpc) is 3.35. The zero-order chi connectivity index (χ0) is 33.7. The van der Waals surface area contributed by atoms with Crippen LogP contribution >= 0.6 is 0 Å². The van der Waals surface area contributed by atoms with E-state index in [0.29, 0.717) is 11.5 Å². The highest BCUT2D eigenvalue weighted by molar-refractivity contribution is 5.99. The summed E-state index contributed by atoms with van der Waals surface area (Å²) >= 11 is 0. The van der Waals surface area contributed by atoms with Crippen LogP contribution in [0.4, 0.5) is 17.1 Å². The molecule has 0 fully saturated rings. The predicted octanol–water partition coefficient (Wildman–Crippen LogP) is 13.8. The molecule has 0 N–H and O–H groups in total. The fourth-order valence-electron chi connectivity index (χ4n) is 7.46. The first-order valence-electron chi connectivity index (χ1n) is 17.2. The van der Waals surface area contributed by atoms with Crippen molar-refractivity contribution < 1.29 is 9.47 Å².